The maximum atomic E-state index is 12.0. The third kappa shape index (κ3) is 4.20. The molecule has 2 N–H and O–H groups in total. The van der Waals surface area contributed by atoms with Gasteiger partial charge in [0.2, 0.25) is 11.8 Å². The number of aromatic nitrogens is 1. The van der Waals surface area contributed by atoms with E-state index in [2.05, 4.69) is 22.5 Å². The van der Waals surface area contributed by atoms with Crippen molar-refractivity contribution < 1.29 is 9.59 Å². The second-order valence-corrected chi connectivity index (χ2v) is 7.14. The fourth-order valence-electron chi connectivity index (χ4n) is 2.56. The molecule has 1 aromatic carbocycles. The van der Waals surface area contributed by atoms with Crippen molar-refractivity contribution in [1.82, 2.24) is 10.3 Å². The Morgan fingerprint density at radius 2 is 2.17 bits per heavy atom. The van der Waals surface area contributed by atoms with Gasteiger partial charge in [-0.15, -0.1) is 11.3 Å². The molecule has 2 amide bonds. The molecule has 3 rings (SSSR count). The van der Waals surface area contributed by atoms with Gasteiger partial charge in [0.1, 0.15) is 5.01 Å². The summed E-state index contributed by atoms with van der Waals surface area (Å²) in [6.45, 7) is 4.40. The van der Waals surface area contributed by atoms with Crippen LogP contribution in [-0.4, -0.2) is 23.3 Å². The Kier molecular flexibility index (Phi) is 4.94. The topological polar surface area (TPSA) is 71.1 Å². The van der Waals surface area contributed by atoms with Crippen LogP contribution in [0.2, 0.25) is 0 Å². The van der Waals surface area contributed by atoms with Gasteiger partial charge < -0.3 is 10.6 Å². The van der Waals surface area contributed by atoms with E-state index in [0.717, 1.165) is 28.4 Å². The van der Waals surface area contributed by atoms with E-state index in [1.54, 1.807) is 11.3 Å². The molecule has 126 valence electrons. The number of anilines is 1. The molecule has 2 atom stereocenters. The Balaban J connectivity index is 1.50. The molecule has 6 heteroatoms. The minimum Gasteiger partial charge on any atom is -0.355 e. The predicted octanol–water partition coefficient (Wildman–Crippen LogP) is 3.22. The van der Waals surface area contributed by atoms with Crippen LogP contribution in [0.3, 0.4) is 0 Å². The number of aryl methyl sites for hydroxylation is 1. The molecule has 0 radical (unpaired) electrons. The van der Waals surface area contributed by atoms with E-state index in [0.29, 0.717) is 12.5 Å². The van der Waals surface area contributed by atoms with E-state index in [1.165, 1.54) is 0 Å². The summed E-state index contributed by atoms with van der Waals surface area (Å²) >= 11 is 1.58. The van der Waals surface area contributed by atoms with E-state index >= 15 is 0 Å². The van der Waals surface area contributed by atoms with Gasteiger partial charge in [0, 0.05) is 41.2 Å². The Morgan fingerprint density at radius 1 is 1.38 bits per heavy atom. The first-order valence-corrected chi connectivity index (χ1v) is 9.01. The van der Waals surface area contributed by atoms with Crippen molar-refractivity contribution >= 4 is 28.8 Å². The van der Waals surface area contributed by atoms with Gasteiger partial charge in [-0.2, -0.15) is 0 Å². The Hall–Kier alpha value is -2.21. The zero-order valence-electron chi connectivity index (χ0n) is 13.8. The average molecular weight is 343 g/mol. The lowest BCUT2D eigenvalue weighted by Crippen LogP contribution is -2.29. The molecule has 1 saturated carbocycles. The number of amides is 2. The van der Waals surface area contributed by atoms with Crippen LogP contribution in [0.1, 0.15) is 25.5 Å². The molecule has 1 fully saturated rings. The van der Waals surface area contributed by atoms with Crippen LogP contribution in [0.15, 0.2) is 29.6 Å². The van der Waals surface area contributed by atoms with Crippen LogP contribution in [-0.2, 0) is 9.59 Å². The molecular formula is C18H21N3O2S. The van der Waals surface area contributed by atoms with Crippen LogP contribution in [0, 0.1) is 18.8 Å². The van der Waals surface area contributed by atoms with Crippen molar-refractivity contribution in [3.05, 3.63) is 35.3 Å². The van der Waals surface area contributed by atoms with Crippen molar-refractivity contribution in [1.29, 1.82) is 0 Å². The summed E-state index contributed by atoms with van der Waals surface area (Å²) in [6.07, 6.45) is 1.23. The normalized spacial score (nSPS) is 18.9. The number of rotatable bonds is 6. The fraction of sp³-hybridized carbons (Fsp3) is 0.389. The Bertz CT molecular complexity index is 756. The first kappa shape index (κ1) is 16.6. The summed E-state index contributed by atoms with van der Waals surface area (Å²) in [5.74, 6) is 0.589. The molecule has 0 bridgehead atoms. The highest BCUT2D eigenvalue weighted by Crippen LogP contribution is 2.37. The second kappa shape index (κ2) is 7.13. The number of nitrogens with zero attached hydrogens (tertiary/aromatic N) is 1. The maximum Gasteiger partial charge on any atom is 0.226 e. The summed E-state index contributed by atoms with van der Waals surface area (Å²) in [5.41, 5.74) is 2.72. The first-order valence-electron chi connectivity index (χ1n) is 8.13. The quantitative estimate of drug-likeness (QED) is 0.846. The van der Waals surface area contributed by atoms with Gasteiger partial charge in [0.05, 0.1) is 0 Å². The predicted molar refractivity (Wildman–Crippen MR) is 95.8 cm³/mol. The summed E-state index contributed by atoms with van der Waals surface area (Å²) < 4.78 is 0. The summed E-state index contributed by atoms with van der Waals surface area (Å²) in [6, 6.07) is 7.65. The third-order valence-electron chi connectivity index (χ3n) is 4.11. The van der Waals surface area contributed by atoms with E-state index < -0.39 is 0 Å². The van der Waals surface area contributed by atoms with Gasteiger partial charge in [-0.1, -0.05) is 19.1 Å². The van der Waals surface area contributed by atoms with Crippen LogP contribution in [0.4, 0.5) is 5.69 Å². The molecule has 1 aliphatic rings. The smallest absolute Gasteiger partial charge is 0.226 e. The highest BCUT2D eigenvalue weighted by Gasteiger charge is 2.38. The Morgan fingerprint density at radius 3 is 2.83 bits per heavy atom. The zero-order valence-corrected chi connectivity index (χ0v) is 14.7. The first-order chi connectivity index (χ1) is 11.5. The van der Waals surface area contributed by atoms with E-state index in [9.17, 15) is 9.59 Å². The maximum absolute atomic E-state index is 12.0. The summed E-state index contributed by atoms with van der Waals surface area (Å²) in [4.78, 5) is 28.2. The number of hydrogen-bond acceptors (Lipinski definition) is 4. The second-order valence-electron chi connectivity index (χ2n) is 6.28. The van der Waals surface area contributed by atoms with Crippen LogP contribution in [0.5, 0.6) is 0 Å². The molecule has 2 aromatic rings. The monoisotopic (exact) mass is 343 g/mol. The van der Waals surface area contributed by atoms with E-state index in [1.807, 2.05) is 36.6 Å². The molecule has 1 aromatic heterocycles. The van der Waals surface area contributed by atoms with Gasteiger partial charge in [-0.3, -0.25) is 9.59 Å². The third-order valence-corrected chi connectivity index (χ3v) is 5.12. The largest absolute Gasteiger partial charge is 0.355 e. The lowest BCUT2D eigenvalue weighted by atomic mass is 10.2. The average Bonchev–Trinajstić information content (AvgIpc) is 3.12. The molecule has 1 heterocycles. The summed E-state index contributed by atoms with van der Waals surface area (Å²) in [5, 5.41) is 8.64. The van der Waals surface area contributed by atoms with Gasteiger partial charge >= 0.3 is 0 Å². The molecule has 24 heavy (non-hydrogen) atoms. The molecular weight excluding hydrogens is 322 g/mol. The lowest BCUT2D eigenvalue weighted by molar-refractivity contribution is -0.122. The van der Waals surface area contributed by atoms with Crippen molar-refractivity contribution in [3.63, 3.8) is 0 Å². The fourth-order valence-corrected chi connectivity index (χ4v) is 3.35. The van der Waals surface area contributed by atoms with Crippen molar-refractivity contribution in [2.75, 3.05) is 11.9 Å². The van der Waals surface area contributed by atoms with Crippen molar-refractivity contribution in [3.8, 4) is 10.6 Å². The molecule has 0 spiro atoms. The molecule has 1 aliphatic carbocycles. The van der Waals surface area contributed by atoms with E-state index in [4.69, 9.17) is 0 Å². The minimum atomic E-state index is -0.105. The number of hydrogen-bond donors (Lipinski definition) is 2. The van der Waals surface area contributed by atoms with E-state index in [-0.39, 0.29) is 24.2 Å². The van der Waals surface area contributed by atoms with Gasteiger partial charge in [-0.25, -0.2) is 4.98 Å². The molecule has 5 nitrogen and oxygen atoms in total. The van der Waals surface area contributed by atoms with Crippen molar-refractivity contribution in [2.45, 2.75) is 26.7 Å². The van der Waals surface area contributed by atoms with Gasteiger partial charge in [0.25, 0.3) is 0 Å². The summed E-state index contributed by atoms with van der Waals surface area (Å²) in [7, 11) is 0. The molecule has 0 unspecified atom stereocenters. The number of carbonyl (C=O) groups excluding carboxylic acids is 2. The molecule has 0 saturated heterocycles. The number of benzene rings is 1. The van der Waals surface area contributed by atoms with Crippen molar-refractivity contribution in [2.24, 2.45) is 11.8 Å². The number of nitrogens with one attached hydrogen (secondary N) is 2. The minimum absolute atomic E-state index is 0.0661. The van der Waals surface area contributed by atoms with Crippen LogP contribution >= 0.6 is 11.3 Å². The van der Waals surface area contributed by atoms with Gasteiger partial charge in [0.15, 0.2) is 0 Å². The lowest BCUT2D eigenvalue weighted by Gasteiger charge is -2.07. The standard InChI is InChI=1S/C18H21N3O2S/c1-11-8-15(11)17(23)19-7-6-16(22)21-14-5-3-4-13(9-14)18-20-12(2)10-24-18/h3-5,9-11,15H,6-8H2,1-2H3,(H,19,23)(H,21,22)/t11-,15-/m1/s1. The number of thiazole rings is 1. The van der Waals surface area contributed by atoms with Gasteiger partial charge in [-0.05, 0) is 31.4 Å². The highest BCUT2D eigenvalue weighted by molar-refractivity contribution is 7.13. The van der Waals surface area contributed by atoms with Crippen LogP contribution < -0.4 is 10.6 Å². The van der Waals surface area contributed by atoms with Crippen LogP contribution in [0.25, 0.3) is 10.6 Å². The SMILES string of the molecule is Cc1csc(-c2cccc(NC(=O)CCNC(=O)[C@@H]3C[C@H]3C)c2)n1. The number of carbonyl (C=O) groups is 2. The Labute approximate surface area is 145 Å². The molecule has 0 aliphatic heterocycles. The zero-order chi connectivity index (χ0) is 17.1. The highest BCUT2D eigenvalue weighted by atomic mass is 32.1.